The van der Waals surface area contributed by atoms with Gasteiger partial charge in [0.15, 0.2) is 15.5 Å². The summed E-state index contributed by atoms with van der Waals surface area (Å²) >= 11 is 0. The van der Waals surface area contributed by atoms with E-state index in [1.165, 1.54) is 35.0 Å². The van der Waals surface area contributed by atoms with Gasteiger partial charge in [0, 0.05) is 30.0 Å². The first-order valence-corrected chi connectivity index (χ1v) is 12.6. The van der Waals surface area contributed by atoms with Crippen molar-refractivity contribution in [3.05, 3.63) is 95.6 Å². The molecule has 0 saturated carbocycles. The lowest BCUT2D eigenvalue weighted by atomic mass is 10.0. The molecule has 2 amide bonds. The van der Waals surface area contributed by atoms with E-state index in [1.54, 1.807) is 36.4 Å². The summed E-state index contributed by atoms with van der Waals surface area (Å²) in [4.78, 5) is 25.2. The van der Waals surface area contributed by atoms with E-state index in [2.05, 4.69) is 10.4 Å². The molecule has 0 aliphatic carbocycles. The molecule has 0 saturated heterocycles. The van der Waals surface area contributed by atoms with Crippen LogP contribution >= 0.6 is 0 Å². The van der Waals surface area contributed by atoms with E-state index in [-0.39, 0.29) is 39.6 Å². The maximum atomic E-state index is 15.0. The number of aromatic nitrogens is 2. The SMILES string of the molecule is CS(=O)(=O)c1ccccc1-c1cccc(F)c1NC(=O)c1cc(C(N)=O)nn1-c1cccc(CN)c1. The Morgan fingerprint density at radius 1 is 1.00 bits per heavy atom. The molecular weight excluding hydrogens is 485 g/mol. The van der Waals surface area contributed by atoms with Gasteiger partial charge >= 0.3 is 0 Å². The number of carbonyl (C=O) groups excluding carboxylic acids is 2. The summed E-state index contributed by atoms with van der Waals surface area (Å²) in [6, 6.07) is 18.2. The predicted octanol–water partition coefficient (Wildman–Crippen LogP) is 2.89. The fourth-order valence-corrected chi connectivity index (χ4v) is 4.64. The maximum Gasteiger partial charge on any atom is 0.274 e. The van der Waals surface area contributed by atoms with Gasteiger partial charge in [0.25, 0.3) is 11.8 Å². The summed E-state index contributed by atoms with van der Waals surface area (Å²) in [5.41, 5.74) is 12.2. The van der Waals surface area contributed by atoms with Crippen LogP contribution in [0.15, 0.2) is 77.7 Å². The van der Waals surface area contributed by atoms with Gasteiger partial charge in [-0.15, -0.1) is 0 Å². The molecule has 9 nitrogen and oxygen atoms in total. The zero-order valence-corrected chi connectivity index (χ0v) is 19.9. The van der Waals surface area contributed by atoms with Crippen molar-refractivity contribution in [3.63, 3.8) is 0 Å². The van der Waals surface area contributed by atoms with Crippen molar-refractivity contribution in [2.24, 2.45) is 11.5 Å². The van der Waals surface area contributed by atoms with Crippen LogP contribution in [0, 0.1) is 5.82 Å². The van der Waals surface area contributed by atoms with Gasteiger partial charge in [0.2, 0.25) is 0 Å². The number of anilines is 1. The van der Waals surface area contributed by atoms with Crippen molar-refractivity contribution >= 4 is 27.3 Å². The number of hydrogen-bond donors (Lipinski definition) is 3. The largest absolute Gasteiger partial charge is 0.364 e. The summed E-state index contributed by atoms with van der Waals surface area (Å²) < 4.78 is 40.9. The van der Waals surface area contributed by atoms with Crippen molar-refractivity contribution in [3.8, 4) is 16.8 Å². The number of nitrogens with two attached hydrogens (primary N) is 2. The standard InChI is InChI=1S/C25H22FN5O4S/c1-36(34,35)22-11-3-2-8-17(22)18-9-5-10-19(26)23(18)29-25(33)21-13-20(24(28)32)30-31(21)16-7-4-6-15(12-16)14-27/h2-13H,14,27H2,1H3,(H2,28,32)(H,29,33). The molecule has 0 bridgehead atoms. The number of benzene rings is 3. The summed E-state index contributed by atoms with van der Waals surface area (Å²) in [5, 5.41) is 6.65. The first-order chi connectivity index (χ1) is 17.1. The van der Waals surface area contributed by atoms with Gasteiger partial charge in [0.1, 0.15) is 11.5 Å². The number of rotatable bonds is 7. The van der Waals surface area contributed by atoms with E-state index in [9.17, 15) is 18.0 Å². The second-order valence-electron chi connectivity index (χ2n) is 7.95. The van der Waals surface area contributed by atoms with Gasteiger partial charge in [0.05, 0.1) is 16.3 Å². The summed E-state index contributed by atoms with van der Waals surface area (Å²) in [5.74, 6) is -2.43. The van der Waals surface area contributed by atoms with Crippen molar-refractivity contribution < 1.29 is 22.4 Å². The van der Waals surface area contributed by atoms with Gasteiger partial charge in [-0.2, -0.15) is 5.10 Å². The molecule has 4 aromatic rings. The highest BCUT2D eigenvalue weighted by Gasteiger charge is 2.23. The third kappa shape index (κ3) is 4.88. The topological polar surface area (TPSA) is 150 Å². The Kier molecular flexibility index (Phi) is 6.69. The molecule has 5 N–H and O–H groups in total. The molecule has 0 aliphatic heterocycles. The minimum Gasteiger partial charge on any atom is -0.364 e. The predicted molar refractivity (Wildman–Crippen MR) is 133 cm³/mol. The minimum atomic E-state index is -3.66. The van der Waals surface area contributed by atoms with Crippen molar-refractivity contribution in [2.75, 3.05) is 11.6 Å². The van der Waals surface area contributed by atoms with Crippen LogP contribution in [-0.2, 0) is 16.4 Å². The highest BCUT2D eigenvalue weighted by atomic mass is 32.2. The van der Waals surface area contributed by atoms with E-state index in [0.29, 0.717) is 5.69 Å². The highest BCUT2D eigenvalue weighted by Crippen LogP contribution is 2.35. The van der Waals surface area contributed by atoms with Crippen molar-refractivity contribution in [1.82, 2.24) is 9.78 Å². The summed E-state index contributed by atoms with van der Waals surface area (Å²) in [6.07, 6.45) is 1.04. The van der Waals surface area contributed by atoms with Crippen LogP contribution < -0.4 is 16.8 Å². The number of hydrogen-bond acceptors (Lipinski definition) is 6. The average Bonchev–Trinajstić information content (AvgIpc) is 3.31. The Hall–Kier alpha value is -4.35. The first-order valence-electron chi connectivity index (χ1n) is 10.7. The molecule has 4 rings (SSSR count). The molecule has 36 heavy (non-hydrogen) atoms. The van der Waals surface area contributed by atoms with Crippen LogP contribution in [0.1, 0.15) is 26.5 Å². The second-order valence-corrected chi connectivity index (χ2v) is 9.93. The Morgan fingerprint density at radius 3 is 2.39 bits per heavy atom. The quantitative estimate of drug-likeness (QED) is 0.350. The zero-order chi connectivity index (χ0) is 26.0. The molecule has 0 unspecified atom stereocenters. The molecular formula is C25H22FN5O4S. The van der Waals surface area contributed by atoms with Crippen LogP contribution in [0.25, 0.3) is 16.8 Å². The van der Waals surface area contributed by atoms with Crippen LogP contribution in [-0.4, -0.2) is 36.3 Å². The molecule has 3 aromatic carbocycles. The maximum absolute atomic E-state index is 15.0. The van der Waals surface area contributed by atoms with Gasteiger partial charge < -0.3 is 16.8 Å². The number of para-hydroxylation sites is 1. The van der Waals surface area contributed by atoms with Gasteiger partial charge in [-0.05, 0) is 29.8 Å². The first kappa shape index (κ1) is 24.8. The fourth-order valence-electron chi connectivity index (χ4n) is 3.74. The van der Waals surface area contributed by atoms with E-state index >= 15 is 4.39 Å². The Bertz CT molecular complexity index is 1600. The van der Waals surface area contributed by atoms with E-state index in [4.69, 9.17) is 11.5 Å². The fraction of sp³-hybridized carbons (Fsp3) is 0.0800. The Morgan fingerprint density at radius 2 is 1.69 bits per heavy atom. The zero-order valence-electron chi connectivity index (χ0n) is 19.1. The molecule has 11 heteroatoms. The molecule has 0 radical (unpaired) electrons. The Labute approximate surface area is 206 Å². The Balaban J connectivity index is 1.83. The van der Waals surface area contributed by atoms with Crippen molar-refractivity contribution in [1.29, 1.82) is 0 Å². The number of nitrogens with zero attached hydrogens (tertiary/aromatic N) is 2. The van der Waals surface area contributed by atoms with Gasteiger partial charge in [-0.1, -0.05) is 42.5 Å². The third-order valence-corrected chi connectivity index (χ3v) is 6.57. The summed E-state index contributed by atoms with van der Waals surface area (Å²) in [7, 11) is -3.66. The van der Waals surface area contributed by atoms with E-state index < -0.39 is 27.5 Å². The van der Waals surface area contributed by atoms with Crippen LogP contribution in [0.2, 0.25) is 0 Å². The van der Waals surface area contributed by atoms with Gasteiger partial charge in [-0.25, -0.2) is 17.5 Å². The molecule has 1 aromatic heterocycles. The van der Waals surface area contributed by atoms with Gasteiger partial charge in [-0.3, -0.25) is 9.59 Å². The lowest BCUT2D eigenvalue weighted by Crippen LogP contribution is -2.18. The molecule has 0 spiro atoms. The number of nitrogens with one attached hydrogen (secondary N) is 1. The van der Waals surface area contributed by atoms with Crippen LogP contribution in [0.3, 0.4) is 0 Å². The van der Waals surface area contributed by atoms with E-state index in [0.717, 1.165) is 17.9 Å². The number of sulfone groups is 1. The molecule has 184 valence electrons. The number of halogens is 1. The third-order valence-electron chi connectivity index (χ3n) is 5.41. The smallest absolute Gasteiger partial charge is 0.274 e. The monoisotopic (exact) mass is 507 g/mol. The minimum absolute atomic E-state index is 0.0224. The van der Waals surface area contributed by atoms with Crippen molar-refractivity contribution in [2.45, 2.75) is 11.4 Å². The lowest BCUT2D eigenvalue weighted by Gasteiger charge is -2.15. The van der Waals surface area contributed by atoms with Crippen LogP contribution in [0.4, 0.5) is 10.1 Å². The molecule has 1 heterocycles. The molecule has 0 fully saturated rings. The molecule has 0 aliphatic rings. The number of amides is 2. The normalized spacial score (nSPS) is 11.3. The number of carbonyl (C=O) groups is 2. The van der Waals surface area contributed by atoms with Crippen LogP contribution in [0.5, 0.6) is 0 Å². The summed E-state index contributed by atoms with van der Waals surface area (Å²) in [6.45, 7) is 0.234. The second kappa shape index (κ2) is 9.72. The highest BCUT2D eigenvalue weighted by molar-refractivity contribution is 7.90. The van der Waals surface area contributed by atoms with E-state index in [1.807, 2.05) is 0 Å². The number of primary amides is 1. The average molecular weight is 508 g/mol. The lowest BCUT2D eigenvalue weighted by molar-refractivity contribution is 0.0993. The molecule has 0 atom stereocenters.